The lowest BCUT2D eigenvalue weighted by Gasteiger charge is -2.21. The predicted octanol–water partition coefficient (Wildman–Crippen LogP) is 3.17. The average Bonchev–Trinajstić information content (AvgIpc) is 2.62. The van der Waals surface area contributed by atoms with E-state index in [0.29, 0.717) is 6.04 Å². The van der Waals surface area contributed by atoms with Crippen LogP contribution in [0.4, 0.5) is 0 Å². The molecule has 0 aromatic heterocycles. The number of unbranched alkanes of at least 4 members (excludes halogenated alkanes) is 1. The molecule has 150 valence electrons. The summed E-state index contributed by atoms with van der Waals surface area (Å²) >= 11 is 0. The van der Waals surface area contributed by atoms with Crippen molar-refractivity contribution in [2.75, 3.05) is 52.4 Å². The van der Waals surface area contributed by atoms with Gasteiger partial charge in [-0.1, -0.05) is 27.7 Å². The predicted molar refractivity (Wildman–Crippen MR) is 113 cm³/mol. The van der Waals surface area contributed by atoms with Crippen LogP contribution in [0, 0.1) is 0 Å². The summed E-state index contributed by atoms with van der Waals surface area (Å²) in [6, 6.07) is 0.462. The van der Waals surface area contributed by atoms with Crippen molar-refractivity contribution in [2.24, 2.45) is 4.99 Å². The molecule has 0 saturated heterocycles. The van der Waals surface area contributed by atoms with E-state index in [9.17, 15) is 0 Å². The number of nitrogens with one attached hydrogen (secondary N) is 2. The quantitative estimate of drug-likeness (QED) is 0.269. The molecule has 0 aromatic carbocycles. The number of hydrogen-bond donors (Lipinski definition) is 2. The Labute approximate surface area is 157 Å². The van der Waals surface area contributed by atoms with Gasteiger partial charge >= 0.3 is 0 Å². The van der Waals surface area contributed by atoms with E-state index in [1.807, 2.05) is 0 Å². The molecule has 5 nitrogen and oxygen atoms in total. The lowest BCUT2D eigenvalue weighted by Crippen LogP contribution is -2.42. The molecule has 0 fully saturated rings. The molecule has 0 amide bonds. The summed E-state index contributed by atoms with van der Waals surface area (Å²) in [5.41, 5.74) is 0. The number of nitrogens with zero attached hydrogens (tertiary/aromatic N) is 3. The Morgan fingerprint density at radius 3 is 1.92 bits per heavy atom. The zero-order chi connectivity index (χ0) is 18.9. The molecule has 0 aliphatic rings. The van der Waals surface area contributed by atoms with Crippen LogP contribution < -0.4 is 10.6 Å². The molecule has 0 saturated carbocycles. The van der Waals surface area contributed by atoms with E-state index in [4.69, 9.17) is 4.99 Å². The standard InChI is InChI=1S/C20H45N5/c1-7-21-20(22-16-12-13-17-24(8-2)9-3)23-19(6)15-14-18-25(10-4)11-5/h19H,7-18H2,1-6H3,(H2,21,22,23). The first-order valence-electron chi connectivity index (χ1n) is 10.6. The second kappa shape index (κ2) is 16.6. The highest BCUT2D eigenvalue weighted by molar-refractivity contribution is 5.79. The van der Waals surface area contributed by atoms with E-state index in [0.717, 1.165) is 51.6 Å². The second-order valence-corrected chi connectivity index (χ2v) is 6.71. The summed E-state index contributed by atoms with van der Waals surface area (Å²) in [6.45, 7) is 22.1. The Morgan fingerprint density at radius 2 is 1.40 bits per heavy atom. The second-order valence-electron chi connectivity index (χ2n) is 6.71. The highest BCUT2D eigenvalue weighted by Crippen LogP contribution is 2.00. The Hall–Kier alpha value is -0.810. The molecule has 0 radical (unpaired) electrons. The molecule has 25 heavy (non-hydrogen) atoms. The molecule has 0 rings (SSSR count). The maximum atomic E-state index is 4.74. The molecule has 5 heteroatoms. The van der Waals surface area contributed by atoms with Crippen molar-refractivity contribution in [3.63, 3.8) is 0 Å². The van der Waals surface area contributed by atoms with Gasteiger partial charge in [0, 0.05) is 19.1 Å². The van der Waals surface area contributed by atoms with Crippen LogP contribution in [0.5, 0.6) is 0 Å². The highest BCUT2D eigenvalue weighted by Gasteiger charge is 2.06. The third-order valence-corrected chi connectivity index (χ3v) is 4.78. The van der Waals surface area contributed by atoms with Crippen LogP contribution in [0.3, 0.4) is 0 Å². The molecule has 0 aliphatic carbocycles. The van der Waals surface area contributed by atoms with E-state index in [1.165, 1.54) is 32.4 Å². The Bertz CT molecular complexity index is 311. The molecule has 0 bridgehead atoms. The monoisotopic (exact) mass is 355 g/mol. The highest BCUT2D eigenvalue weighted by atomic mass is 15.2. The Morgan fingerprint density at radius 1 is 0.840 bits per heavy atom. The van der Waals surface area contributed by atoms with Crippen LogP contribution in [-0.4, -0.2) is 74.2 Å². The number of hydrogen-bond acceptors (Lipinski definition) is 3. The van der Waals surface area contributed by atoms with Gasteiger partial charge in [-0.2, -0.15) is 0 Å². The van der Waals surface area contributed by atoms with Gasteiger partial charge in [-0.25, -0.2) is 0 Å². The van der Waals surface area contributed by atoms with Crippen molar-refractivity contribution < 1.29 is 0 Å². The lowest BCUT2D eigenvalue weighted by atomic mass is 10.2. The average molecular weight is 356 g/mol. The Balaban J connectivity index is 4.08. The van der Waals surface area contributed by atoms with Gasteiger partial charge in [0.1, 0.15) is 0 Å². The third-order valence-electron chi connectivity index (χ3n) is 4.78. The van der Waals surface area contributed by atoms with Crippen molar-refractivity contribution in [2.45, 2.75) is 73.3 Å². The minimum atomic E-state index is 0.462. The zero-order valence-corrected chi connectivity index (χ0v) is 17.9. The van der Waals surface area contributed by atoms with Crippen molar-refractivity contribution >= 4 is 5.96 Å². The maximum absolute atomic E-state index is 4.74. The van der Waals surface area contributed by atoms with Crippen LogP contribution in [0.15, 0.2) is 4.99 Å². The summed E-state index contributed by atoms with van der Waals surface area (Å²) in [5, 5.41) is 6.93. The molecule has 1 unspecified atom stereocenters. The number of guanidine groups is 1. The lowest BCUT2D eigenvalue weighted by molar-refractivity contribution is 0.292. The van der Waals surface area contributed by atoms with E-state index >= 15 is 0 Å². The first-order valence-corrected chi connectivity index (χ1v) is 10.6. The SMILES string of the molecule is CCNC(=NCCCCN(CC)CC)NC(C)CCCN(CC)CC. The molecular weight excluding hydrogens is 310 g/mol. The molecule has 0 aliphatic heterocycles. The summed E-state index contributed by atoms with van der Waals surface area (Å²) in [6.07, 6.45) is 4.80. The van der Waals surface area contributed by atoms with Gasteiger partial charge in [0.25, 0.3) is 0 Å². The number of aliphatic imine (C=N–C) groups is 1. The van der Waals surface area contributed by atoms with Gasteiger partial charge in [-0.15, -0.1) is 0 Å². The fourth-order valence-corrected chi connectivity index (χ4v) is 2.96. The fraction of sp³-hybridized carbons (Fsp3) is 0.950. The summed E-state index contributed by atoms with van der Waals surface area (Å²) in [7, 11) is 0. The fourth-order valence-electron chi connectivity index (χ4n) is 2.96. The molecule has 2 N–H and O–H groups in total. The number of rotatable bonds is 15. The van der Waals surface area contributed by atoms with E-state index in [2.05, 4.69) is 62.0 Å². The summed E-state index contributed by atoms with van der Waals surface area (Å²) < 4.78 is 0. The summed E-state index contributed by atoms with van der Waals surface area (Å²) in [5.74, 6) is 0.973. The minimum Gasteiger partial charge on any atom is -0.357 e. The normalized spacial score (nSPS) is 13.5. The molecule has 0 spiro atoms. The van der Waals surface area contributed by atoms with Crippen LogP contribution in [0.2, 0.25) is 0 Å². The van der Waals surface area contributed by atoms with Crippen LogP contribution in [0.1, 0.15) is 67.2 Å². The minimum absolute atomic E-state index is 0.462. The van der Waals surface area contributed by atoms with Crippen molar-refractivity contribution in [1.82, 2.24) is 20.4 Å². The molecule has 1 atom stereocenters. The van der Waals surface area contributed by atoms with Gasteiger partial charge < -0.3 is 20.4 Å². The van der Waals surface area contributed by atoms with Crippen molar-refractivity contribution in [1.29, 1.82) is 0 Å². The van der Waals surface area contributed by atoms with Gasteiger partial charge in [-0.3, -0.25) is 4.99 Å². The van der Waals surface area contributed by atoms with Crippen molar-refractivity contribution in [3.05, 3.63) is 0 Å². The third kappa shape index (κ3) is 13.1. The summed E-state index contributed by atoms with van der Waals surface area (Å²) in [4.78, 5) is 9.71. The largest absolute Gasteiger partial charge is 0.357 e. The van der Waals surface area contributed by atoms with E-state index in [-0.39, 0.29) is 0 Å². The van der Waals surface area contributed by atoms with Crippen LogP contribution >= 0.6 is 0 Å². The van der Waals surface area contributed by atoms with E-state index < -0.39 is 0 Å². The first-order chi connectivity index (χ1) is 12.1. The zero-order valence-electron chi connectivity index (χ0n) is 17.9. The van der Waals surface area contributed by atoms with E-state index in [1.54, 1.807) is 0 Å². The first kappa shape index (κ1) is 24.2. The molecule has 0 heterocycles. The van der Waals surface area contributed by atoms with Gasteiger partial charge in [0.05, 0.1) is 0 Å². The van der Waals surface area contributed by atoms with Crippen molar-refractivity contribution in [3.8, 4) is 0 Å². The van der Waals surface area contributed by atoms with Gasteiger partial charge in [0.2, 0.25) is 0 Å². The van der Waals surface area contributed by atoms with Gasteiger partial charge in [-0.05, 0) is 78.8 Å². The Kier molecular flexibility index (Phi) is 16.1. The smallest absolute Gasteiger partial charge is 0.191 e. The van der Waals surface area contributed by atoms with Gasteiger partial charge in [0.15, 0.2) is 5.96 Å². The van der Waals surface area contributed by atoms with Crippen LogP contribution in [0.25, 0.3) is 0 Å². The van der Waals surface area contributed by atoms with Crippen LogP contribution in [-0.2, 0) is 0 Å². The topological polar surface area (TPSA) is 42.9 Å². The molecule has 0 aromatic rings. The molecular formula is C20H45N5. The maximum Gasteiger partial charge on any atom is 0.191 e.